The number of benzene rings is 2. The maximum atomic E-state index is 13.7. The zero-order valence-electron chi connectivity index (χ0n) is 22.0. The Hall–Kier alpha value is -3.48. The van der Waals surface area contributed by atoms with Crippen LogP contribution in [0.25, 0.3) is 0 Å². The molecule has 1 heterocycles. The lowest BCUT2D eigenvalue weighted by Gasteiger charge is -2.27. The molecule has 0 bridgehead atoms. The molecule has 0 N–H and O–H groups in total. The summed E-state index contributed by atoms with van der Waals surface area (Å²) in [5.41, 5.74) is 0.751. The molecule has 1 aliphatic rings. The molecule has 39 heavy (non-hydrogen) atoms. The fourth-order valence-electron chi connectivity index (χ4n) is 4.23. The molecule has 1 aliphatic carbocycles. The van der Waals surface area contributed by atoms with Crippen LogP contribution in [0.2, 0.25) is 0 Å². The third kappa shape index (κ3) is 6.94. The average Bonchev–Trinajstić information content (AvgIpc) is 3.69. The molecule has 0 spiro atoms. The number of amides is 1. The normalized spacial score (nSPS) is 13.3. The second-order valence-electron chi connectivity index (χ2n) is 9.30. The minimum absolute atomic E-state index is 0.0708. The fourth-order valence-corrected chi connectivity index (χ4v) is 6.77. The number of carbonyl (C=O) groups is 1. The zero-order chi connectivity index (χ0) is 28.2. The van der Waals surface area contributed by atoms with E-state index in [1.54, 1.807) is 30.5 Å². The van der Waals surface area contributed by atoms with Crippen LogP contribution < -0.4 is 9.47 Å². The topological polar surface area (TPSA) is 119 Å². The number of non-ortho nitro benzene ring substituents is 1. The molecule has 10 nitrogen and oxygen atoms in total. The minimum atomic E-state index is -4.03. The highest BCUT2D eigenvalue weighted by molar-refractivity contribution is 7.89. The van der Waals surface area contributed by atoms with E-state index in [4.69, 9.17) is 9.47 Å². The van der Waals surface area contributed by atoms with Gasteiger partial charge in [0.1, 0.15) is 0 Å². The average molecular weight is 574 g/mol. The lowest BCUT2D eigenvalue weighted by atomic mass is 10.1. The molecule has 0 saturated heterocycles. The molecule has 4 rings (SSSR count). The van der Waals surface area contributed by atoms with E-state index < -0.39 is 14.9 Å². The minimum Gasteiger partial charge on any atom is -0.493 e. The summed E-state index contributed by atoms with van der Waals surface area (Å²) in [6.45, 7) is 2.43. The van der Waals surface area contributed by atoms with E-state index in [1.807, 2.05) is 37.3 Å². The van der Waals surface area contributed by atoms with Gasteiger partial charge >= 0.3 is 0 Å². The Kier molecular flexibility index (Phi) is 8.88. The van der Waals surface area contributed by atoms with Crippen LogP contribution in [0.4, 0.5) is 5.69 Å². The van der Waals surface area contributed by atoms with Gasteiger partial charge in [-0.1, -0.05) is 6.07 Å². The molecule has 0 unspecified atom stereocenters. The summed E-state index contributed by atoms with van der Waals surface area (Å²) >= 11 is 1.59. The van der Waals surface area contributed by atoms with Crippen LogP contribution in [0.15, 0.2) is 59.5 Å². The van der Waals surface area contributed by atoms with E-state index in [9.17, 15) is 23.3 Å². The van der Waals surface area contributed by atoms with Gasteiger partial charge < -0.3 is 14.4 Å². The first-order chi connectivity index (χ1) is 18.6. The van der Waals surface area contributed by atoms with Crippen molar-refractivity contribution in [3.05, 3.63) is 80.0 Å². The maximum absolute atomic E-state index is 13.7. The lowest BCUT2D eigenvalue weighted by molar-refractivity contribution is -0.384. The summed E-state index contributed by atoms with van der Waals surface area (Å²) < 4.78 is 38.9. The number of hydrogen-bond acceptors (Lipinski definition) is 8. The highest BCUT2D eigenvalue weighted by atomic mass is 32.2. The maximum Gasteiger partial charge on any atom is 0.269 e. The Morgan fingerprint density at radius 2 is 1.74 bits per heavy atom. The van der Waals surface area contributed by atoms with Gasteiger partial charge in [-0.2, -0.15) is 4.31 Å². The van der Waals surface area contributed by atoms with Gasteiger partial charge in [-0.05, 0) is 68.1 Å². The monoisotopic (exact) mass is 573 g/mol. The van der Waals surface area contributed by atoms with Crippen molar-refractivity contribution in [2.45, 2.75) is 43.7 Å². The Labute approximate surface area is 232 Å². The predicted molar refractivity (Wildman–Crippen MR) is 148 cm³/mol. The largest absolute Gasteiger partial charge is 0.493 e. The number of nitro benzene ring substituents is 1. The van der Waals surface area contributed by atoms with E-state index in [0.29, 0.717) is 43.9 Å². The van der Waals surface area contributed by atoms with Crippen molar-refractivity contribution in [3.63, 3.8) is 0 Å². The van der Waals surface area contributed by atoms with Crippen LogP contribution in [0.3, 0.4) is 0 Å². The summed E-state index contributed by atoms with van der Waals surface area (Å²) in [6, 6.07) is 14.0. The van der Waals surface area contributed by atoms with Gasteiger partial charge in [0, 0.05) is 34.5 Å². The van der Waals surface area contributed by atoms with Gasteiger partial charge in [0.15, 0.2) is 11.5 Å². The zero-order valence-corrected chi connectivity index (χ0v) is 23.7. The molecular weight excluding hydrogens is 542 g/mol. The number of nitrogens with zero attached hydrogens (tertiary/aromatic N) is 3. The Morgan fingerprint density at radius 1 is 1.05 bits per heavy atom. The van der Waals surface area contributed by atoms with Crippen LogP contribution in [0.5, 0.6) is 11.5 Å². The number of sulfonamides is 1. The first-order valence-electron chi connectivity index (χ1n) is 12.4. The van der Waals surface area contributed by atoms with Gasteiger partial charge in [-0.15, -0.1) is 11.3 Å². The van der Waals surface area contributed by atoms with Crippen LogP contribution >= 0.6 is 11.3 Å². The van der Waals surface area contributed by atoms with Crippen molar-refractivity contribution in [2.24, 2.45) is 0 Å². The van der Waals surface area contributed by atoms with E-state index in [1.165, 1.54) is 16.4 Å². The number of rotatable bonds is 13. The number of nitro groups is 1. The van der Waals surface area contributed by atoms with Gasteiger partial charge in [0.25, 0.3) is 5.69 Å². The van der Waals surface area contributed by atoms with Crippen molar-refractivity contribution < 1.29 is 27.6 Å². The SMILES string of the molecule is COc1ccc(CCN(Cc2ccc(C)s2)C(=O)CN(C2CC2)S(=O)(=O)c2ccc([N+](=O)[O-])cc2)cc1OC. The second-order valence-corrected chi connectivity index (χ2v) is 12.6. The van der Waals surface area contributed by atoms with Crippen LogP contribution in [-0.2, 0) is 27.8 Å². The summed E-state index contributed by atoms with van der Waals surface area (Å²) in [5, 5.41) is 11.0. The fraction of sp³-hybridized carbons (Fsp3) is 0.370. The molecule has 1 saturated carbocycles. The smallest absolute Gasteiger partial charge is 0.269 e. The van der Waals surface area contributed by atoms with Crippen LogP contribution in [0.1, 0.15) is 28.2 Å². The van der Waals surface area contributed by atoms with Crippen molar-refractivity contribution in [2.75, 3.05) is 27.3 Å². The van der Waals surface area contributed by atoms with Gasteiger partial charge in [-0.3, -0.25) is 14.9 Å². The van der Waals surface area contributed by atoms with E-state index in [-0.39, 0.29) is 29.1 Å². The predicted octanol–water partition coefficient (Wildman–Crippen LogP) is 4.41. The van der Waals surface area contributed by atoms with Crippen molar-refractivity contribution in [1.82, 2.24) is 9.21 Å². The van der Waals surface area contributed by atoms with Crippen molar-refractivity contribution in [3.8, 4) is 11.5 Å². The number of hydrogen-bond donors (Lipinski definition) is 0. The third-order valence-corrected chi connectivity index (χ3v) is 9.41. The molecule has 1 aromatic heterocycles. The molecule has 3 aromatic rings. The number of ether oxygens (including phenoxy) is 2. The summed E-state index contributed by atoms with van der Waals surface area (Å²) in [4.78, 5) is 27.8. The van der Waals surface area contributed by atoms with E-state index in [2.05, 4.69) is 0 Å². The number of aryl methyl sites for hydroxylation is 1. The highest BCUT2D eigenvalue weighted by Gasteiger charge is 2.40. The Balaban J connectivity index is 1.55. The lowest BCUT2D eigenvalue weighted by Crippen LogP contribution is -2.44. The van der Waals surface area contributed by atoms with Gasteiger partial charge in [0.2, 0.25) is 15.9 Å². The molecule has 0 radical (unpaired) electrons. The molecule has 1 amide bonds. The van der Waals surface area contributed by atoms with Crippen molar-refractivity contribution >= 4 is 33.0 Å². The summed E-state index contributed by atoms with van der Waals surface area (Å²) in [5.74, 6) is 0.898. The summed E-state index contributed by atoms with van der Waals surface area (Å²) in [6.07, 6.45) is 1.86. The molecule has 208 valence electrons. The standard InChI is InChI=1S/C27H31N3O7S2/c1-19-4-10-23(38-19)17-28(15-14-20-5-13-25(36-2)26(16-20)37-3)27(31)18-29(21-6-7-21)39(34,35)24-11-8-22(9-12-24)30(32)33/h4-5,8-13,16,21H,6-7,14-15,17-18H2,1-3H3. The molecular formula is C27H31N3O7S2. The second kappa shape index (κ2) is 12.1. The van der Waals surface area contributed by atoms with Crippen molar-refractivity contribution in [1.29, 1.82) is 0 Å². The molecule has 0 aliphatic heterocycles. The molecule has 0 atom stereocenters. The van der Waals surface area contributed by atoms with Gasteiger partial charge in [-0.25, -0.2) is 8.42 Å². The Bertz CT molecular complexity index is 1430. The first kappa shape index (κ1) is 28.5. The number of methoxy groups -OCH3 is 2. The van der Waals surface area contributed by atoms with E-state index in [0.717, 1.165) is 27.5 Å². The van der Waals surface area contributed by atoms with Crippen LogP contribution in [-0.4, -0.2) is 61.8 Å². The van der Waals surface area contributed by atoms with E-state index >= 15 is 0 Å². The number of carbonyl (C=O) groups excluding carboxylic acids is 1. The molecule has 2 aromatic carbocycles. The van der Waals surface area contributed by atoms with Gasteiger partial charge in [0.05, 0.1) is 37.1 Å². The first-order valence-corrected chi connectivity index (χ1v) is 14.7. The molecule has 12 heteroatoms. The Morgan fingerprint density at radius 3 is 2.31 bits per heavy atom. The molecule has 1 fully saturated rings. The van der Waals surface area contributed by atoms with Crippen LogP contribution in [0, 0.1) is 17.0 Å². The third-order valence-electron chi connectivity index (χ3n) is 6.51. The summed E-state index contributed by atoms with van der Waals surface area (Å²) in [7, 11) is -0.895. The highest BCUT2D eigenvalue weighted by Crippen LogP contribution is 2.33. The number of thiophene rings is 1. The quantitative estimate of drug-likeness (QED) is 0.220.